The van der Waals surface area contributed by atoms with Crippen molar-refractivity contribution in [3.8, 4) is 0 Å². The second-order valence-electron chi connectivity index (χ2n) is 8.71. The third-order valence-corrected chi connectivity index (χ3v) is 6.48. The molecule has 1 fully saturated rings. The van der Waals surface area contributed by atoms with Gasteiger partial charge in [-0.15, -0.1) is 0 Å². The zero-order chi connectivity index (χ0) is 23.8. The predicted molar refractivity (Wildman–Crippen MR) is 127 cm³/mol. The van der Waals surface area contributed by atoms with Gasteiger partial charge in [-0.3, -0.25) is 14.4 Å². The van der Waals surface area contributed by atoms with E-state index in [2.05, 4.69) is 5.32 Å². The molecule has 172 valence electrons. The molecule has 0 saturated carbocycles. The van der Waals surface area contributed by atoms with E-state index < -0.39 is 6.04 Å². The standard InChI is InChI=1S/C27H24FN3O3/c1-17-8-13-20(15-22(17)28)29-25(32)19-11-9-18(10-12-19)16-31-23-6-3-2-5-21(23)26(33)30-14-4-7-24(30)27(31)34/h2-3,5-6,8-13,15,24H,4,7,14,16H2,1H3,(H,29,32)/t24-/m0/s1. The number of carbonyl (C=O) groups is 3. The summed E-state index contributed by atoms with van der Waals surface area (Å²) in [5.41, 5.74) is 3.28. The minimum atomic E-state index is -0.445. The van der Waals surface area contributed by atoms with E-state index in [-0.39, 0.29) is 23.5 Å². The van der Waals surface area contributed by atoms with E-state index >= 15 is 0 Å². The molecular weight excluding hydrogens is 433 g/mol. The number of aryl methyl sites for hydroxylation is 1. The molecule has 6 nitrogen and oxygen atoms in total. The van der Waals surface area contributed by atoms with Gasteiger partial charge in [0.05, 0.1) is 17.8 Å². The van der Waals surface area contributed by atoms with E-state index in [0.717, 1.165) is 12.0 Å². The molecule has 2 aliphatic rings. The number of para-hydroxylation sites is 1. The first-order valence-electron chi connectivity index (χ1n) is 11.3. The molecule has 1 N–H and O–H groups in total. The lowest BCUT2D eigenvalue weighted by Crippen LogP contribution is -2.44. The smallest absolute Gasteiger partial charge is 0.256 e. The topological polar surface area (TPSA) is 69.7 Å². The zero-order valence-electron chi connectivity index (χ0n) is 18.8. The highest BCUT2D eigenvalue weighted by Crippen LogP contribution is 2.33. The highest BCUT2D eigenvalue weighted by atomic mass is 19.1. The van der Waals surface area contributed by atoms with E-state index in [0.29, 0.717) is 47.6 Å². The number of nitrogens with zero attached hydrogens (tertiary/aromatic N) is 2. The van der Waals surface area contributed by atoms with Gasteiger partial charge in [-0.1, -0.05) is 30.3 Å². The first-order valence-corrected chi connectivity index (χ1v) is 11.3. The van der Waals surface area contributed by atoms with Gasteiger partial charge < -0.3 is 15.1 Å². The summed E-state index contributed by atoms with van der Waals surface area (Å²) in [5, 5.41) is 2.70. The minimum Gasteiger partial charge on any atom is -0.327 e. The van der Waals surface area contributed by atoms with Crippen LogP contribution in [-0.4, -0.2) is 35.2 Å². The summed E-state index contributed by atoms with van der Waals surface area (Å²) in [4.78, 5) is 42.4. The van der Waals surface area contributed by atoms with E-state index in [4.69, 9.17) is 0 Å². The third kappa shape index (κ3) is 3.94. The number of halogens is 1. The maximum absolute atomic E-state index is 13.8. The van der Waals surface area contributed by atoms with Crippen LogP contribution in [0.15, 0.2) is 66.7 Å². The molecule has 1 atom stereocenters. The van der Waals surface area contributed by atoms with Gasteiger partial charge in [-0.05, 0) is 67.3 Å². The average molecular weight is 458 g/mol. The van der Waals surface area contributed by atoms with Crippen molar-refractivity contribution in [3.05, 3.63) is 94.8 Å². The lowest BCUT2D eigenvalue weighted by Gasteiger charge is -2.26. The lowest BCUT2D eigenvalue weighted by atomic mass is 10.1. The summed E-state index contributed by atoms with van der Waals surface area (Å²) in [6.07, 6.45) is 1.47. The molecule has 0 radical (unpaired) electrons. The number of hydrogen-bond acceptors (Lipinski definition) is 3. The summed E-state index contributed by atoms with van der Waals surface area (Å²) >= 11 is 0. The number of carbonyl (C=O) groups excluding carboxylic acids is 3. The molecule has 3 amide bonds. The highest BCUT2D eigenvalue weighted by molar-refractivity contribution is 6.11. The molecule has 2 aliphatic heterocycles. The van der Waals surface area contributed by atoms with Crippen LogP contribution in [0.3, 0.4) is 0 Å². The van der Waals surface area contributed by atoms with Crippen molar-refractivity contribution in [1.82, 2.24) is 4.90 Å². The summed E-state index contributed by atoms with van der Waals surface area (Å²) < 4.78 is 13.8. The molecule has 2 heterocycles. The molecule has 0 aromatic heterocycles. The Morgan fingerprint density at radius 2 is 1.82 bits per heavy atom. The summed E-state index contributed by atoms with van der Waals surface area (Å²) in [5.74, 6) is -0.916. The van der Waals surface area contributed by atoms with Crippen LogP contribution in [-0.2, 0) is 11.3 Å². The van der Waals surface area contributed by atoms with Gasteiger partial charge in [0.1, 0.15) is 11.9 Å². The van der Waals surface area contributed by atoms with Crippen LogP contribution < -0.4 is 10.2 Å². The van der Waals surface area contributed by atoms with Crippen LogP contribution in [0.25, 0.3) is 0 Å². The van der Waals surface area contributed by atoms with Crippen LogP contribution in [0, 0.1) is 12.7 Å². The molecule has 3 aromatic carbocycles. The number of amides is 3. The van der Waals surface area contributed by atoms with E-state index in [1.54, 1.807) is 65.3 Å². The van der Waals surface area contributed by atoms with Crippen LogP contribution in [0.5, 0.6) is 0 Å². The fourth-order valence-corrected chi connectivity index (χ4v) is 4.59. The van der Waals surface area contributed by atoms with Crippen LogP contribution in [0.2, 0.25) is 0 Å². The lowest BCUT2D eigenvalue weighted by molar-refractivity contribution is -0.122. The molecule has 7 heteroatoms. The van der Waals surface area contributed by atoms with Crippen molar-refractivity contribution < 1.29 is 18.8 Å². The molecule has 0 unspecified atom stereocenters. The maximum atomic E-state index is 13.8. The van der Waals surface area contributed by atoms with Crippen molar-refractivity contribution in [3.63, 3.8) is 0 Å². The van der Waals surface area contributed by atoms with E-state index in [1.807, 2.05) is 12.1 Å². The first kappa shape index (κ1) is 21.8. The Hall–Kier alpha value is -4.00. The van der Waals surface area contributed by atoms with Crippen LogP contribution in [0.1, 0.15) is 44.7 Å². The minimum absolute atomic E-state index is 0.0842. The Morgan fingerprint density at radius 1 is 1.06 bits per heavy atom. The Labute approximate surface area is 197 Å². The van der Waals surface area contributed by atoms with Crippen LogP contribution >= 0.6 is 0 Å². The van der Waals surface area contributed by atoms with E-state index in [9.17, 15) is 18.8 Å². The third-order valence-electron chi connectivity index (χ3n) is 6.48. The van der Waals surface area contributed by atoms with Crippen molar-refractivity contribution >= 4 is 29.1 Å². The van der Waals surface area contributed by atoms with Gasteiger partial charge in [0.15, 0.2) is 0 Å². The second-order valence-corrected chi connectivity index (χ2v) is 8.71. The quantitative estimate of drug-likeness (QED) is 0.626. The Morgan fingerprint density at radius 3 is 2.59 bits per heavy atom. The average Bonchev–Trinajstić information content (AvgIpc) is 3.32. The fourth-order valence-electron chi connectivity index (χ4n) is 4.59. The van der Waals surface area contributed by atoms with Gasteiger partial charge in [-0.2, -0.15) is 0 Å². The Balaban J connectivity index is 1.37. The Kier molecular flexibility index (Phi) is 5.61. The molecular formula is C27H24FN3O3. The number of rotatable bonds is 4. The van der Waals surface area contributed by atoms with Gasteiger partial charge in [0.2, 0.25) is 5.91 Å². The van der Waals surface area contributed by atoms with Gasteiger partial charge in [0.25, 0.3) is 11.8 Å². The first-order chi connectivity index (χ1) is 16.4. The zero-order valence-corrected chi connectivity index (χ0v) is 18.8. The van der Waals surface area contributed by atoms with E-state index in [1.165, 1.54) is 6.07 Å². The monoisotopic (exact) mass is 457 g/mol. The number of hydrogen-bond donors (Lipinski definition) is 1. The molecule has 0 aliphatic carbocycles. The summed E-state index contributed by atoms with van der Waals surface area (Å²) in [6.45, 7) is 2.54. The fraction of sp³-hybridized carbons (Fsp3) is 0.222. The molecule has 3 aromatic rings. The number of nitrogens with one attached hydrogen (secondary N) is 1. The summed E-state index contributed by atoms with van der Waals surface area (Å²) in [6, 6.07) is 18.2. The van der Waals surface area contributed by atoms with Crippen molar-refractivity contribution in [2.24, 2.45) is 0 Å². The van der Waals surface area contributed by atoms with Gasteiger partial charge >= 0.3 is 0 Å². The van der Waals surface area contributed by atoms with Gasteiger partial charge in [-0.25, -0.2) is 4.39 Å². The van der Waals surface area contributed by atoms with Gasteiger partial charge in [0, 0.05) is 17.8 Å². The molecule has 0 bridgehead atoms. The molecule has 5 rings (SSSR count). The van der Waals surface area contributed by atoms with Crippen molar-refractivity contribution in [1.29, 1.82) is 0 Å². The number of benzene rings is 3. The predicted octanol–water partition coefficient (Wildman–Crippen LogP) is 4.54. The molecule has 1 saturated heterocycles. The highest BCUT2D eigenvalue weighted by Gasteiger charge is 2.41. The van der Waals surface area contributed by atoms with Crippen molar-refractivity contribution in [2.75, 3.05) is 16.8 Å². The molecule has 34 heavy (non-hydrogen) atoms. The Bertz CT molecular complexity index is 1290. The van der Waals surface area contributed by atoms with Crippen molar-refractivity contribution in [2.45, 2.75) is 32.4 Å². The SMILES string of the molecule is Cc1ccc(NC(=O)c2ccc(CN3C(=O)[C@@H]4CCCN4C(=O)c4ccccc43)cc2)cc1F. The largest absolute Gasteiger partial charge is 0.327 e. The normalized spacial score (nSPS) is 17.3. The maximum Gasteiger partial charge on any atom is 0.256 e. The number of fused-ring (bicyclic) bond motifs is 2. The number of anilines is 2. The summed E-state index contributed by atoms with van der Waals surface area (Å²) in [7, 11) is 0. The molecule has 0 spiro atoms. The van der Waals surface area contributed by atoms with Crippen LogP contribution in [0.4, 0.5) is 15.8 Å². The second kappa shape index (κ2) is 8.74.